The van der Waals surface area contributed by atoms with Crippen molar-refractivity contribution in [3.8, 4) is 0 Å². The summed E-state index contributed by atoms with van der Waals surface area (Å²) < 4.78 is 43.7. The SMILES string of the molecule is CS(=O)(=O)NC[C@H]1OC[C@@H]2CCN(C(=O)Cc3ccc(F)cn3)C[C@@H]21. The van der Waals surface area contributed by atoms with Crippen molar-refractivity contribution in [3.63, 3.8) is 0 Å². The van der Waals surface area contributed by atoms with E-state index in [1.165, 1.54) is 12.1 Å². The van der Waals surface area contributed by atoms with Crippen molar-refractivity contribution in [2.24, 2.45) is 11.8 Å². The molecule has 0 unspecified atom stereocenters. The molecule has 2 fully saturated rings. The summed E-state index contributed by atoms with van der Waals surface area (Å²) >= 11 is 0. The number of rotatable bonds is 5. The molecule has 0 radical (unpaired) electrons. The molecule has 138 valence electrons. The first-order valence-electron chi connectivity index (χ1n) is 8.26. The van der Waals surface area contributed by atoms with Crippen LogP contribution in [0.4, 0.5) is 4.39 Å². The van der Waals surface area contributed by atoms with E-state index < -0.39 is 15.8 Å². The lowest BCUT2D eigenvalue weighted by atomic mass is 9.84. The number of carbonyl (C=O) groups excluding carboxylic acids is 1. The van der Waals surface area contributed by atoms with Gasteiger partial charge in [0, 0.05) is 31.2 Å². The summed E-state index contributed by atoms with van der Waals surface area (Å²) in [4.78, 5) is 18.2. The van der Waals surface area contributed by atoms with E-state index in [0.29, 0.717) is 31.3 Å². The third-order valence-electron chi connectivity index (χ3n) is 4.83. The zero-order valence-electron chi connectivity index (χ0n) is 14.0. The van der Waals surface area contributed by atoms with Crippen LogP contribution in [0, 0.1) is 17.7 Å². The van der Waals surface area contributed by atoms with Gasteiger partial charge in [0.05, 0.1) is 31.6 Å². The number of pyridine rings is 1. The Hall–Kier alpha value is -1.58. The standard InChI is InChI=1S/C16H22FN3O4S/c1-25(22,23)19-8-15-14-9-20(5-4-11(14)10-24-15)16(21)6-13-3-2-12(17)7-18-13/h2-3,7,11,14-15,19H,4-6,8-10H2,1H3/t11-,14-,15+/m0/s1. The van der Waals surface area contributed by atoms with Crippen molar-refractivity contribution in [1.29, 1.82) is 0 Å². The molecule has 1 amide bonds. The molecule has 3 rings (SSSR count). The maximum Gasteiger partial charge on any atom is 0.228 e. The number of piperidine rings is 1. The highest BCUT2D eigenvalue weighted by molar-refractivity contribution is 7.88. The predicted molar refractivity (Wildman–Crippen MR) is 88.7 cm³/mol. The third-order valence-corrected chi connectivity index (χ3v) is 5.52. The highest BCUT2D eigenvalue weighted by Crippen LogP contribution is 2.34. The Labute approximate surface area is 146 Å². The lowest BCUT2D eigenvalue weighted by Crippen LogP contribution is -2.47. The van der Waals surface area contributed by atoms with Crippen LogP contribution >= 0.6 is 0 Å². The van der Waals surface area contributed by atoms with Crippen molar-refractivity contribution in [1.82, 2.24) is 14.6 Å². The number of hydrogen-bond donors (Lipinski definition) is 1. The van der Waals surface area contributed by atoms with Gasteiger partial charge >= 0.3 is 0 Å². The minimum Gasteiger partial charge on any atom is -0.376 e. The number of nitrogens with one attached hydrogen (secondary N) is 1. The minimum atomic E-state index is -3.27. The lowest BCUT2D eigenvalue weighted by Gasteiger charge is -2.36. The molecule has 2 saturated heterocycles. The number of hydrogen-bond acceptors (Lipinski definition) is 5. The Morgan fingerprint density at radius 1 is 1.48 bits per heavy atom. The Morgan fingerprint density at radius 2 is 2.28 bits per heavy atom. The molecule has 1 aromatic heterocycles. The first-order valence-corrected chi connectivity index (χ1v) is 10.2. The number of ether oxygens (including phenoxy) is 1. The summed E-state index contributed by atoms with van der Waals surface area (Å²) in [6.07, 6.45) is 2.96. The van der Waals surface area contributed by atoms with Gasteiger partial charge in [-0.2, -0.15) is 0 Å². The molecule has 3 atom stereocenters. The van der Waals surface area contributed by atoms with Gasteiger partial charge in [-0.05, 0) is 24.5 Å². The number of sulfonamides is 1. The van der Waals surface area contributed by atoms with Crippen molar-refractivity contribution in [2.75, 3.05) is 32.5 Å². The molecule has 7 nitrogen and oxygen atoms in total. The van der Waals surface area contributed by atoms with Gasteiger partial charge in [0.2, 0.25) is 15.9 Å². The average molecular weight is 371 g/mol. The predicted octanol–water partition coefficient (Wildman–Crippen LogP) is 0.176. The average Bonchev–Trinajstić information content (AvgIpc) is 2.96. The quantitative estimate of drug-likeness (QED) is 0.797. The second-order valence-electron chi connectivity index (χ2n) is 6.69. The number of likely N-dealkylation sites (tertiary alicyclic amines) is 1. The van der Waals surface area contributed by atoms with Gasteiger partial charge in [-0.1, -0.05) is 0 Å². The molecular formula is C16H22FN3O4S. The normalized spacial score (nSPS) is 26.5. The van der Waals surface area contributed by atoms with E-state index in [-0.39, 0.29) is 30.9 Å². The van der Waals surface area contributed by atoms with Crippen LogP contribution in [-0.2, 0) is 26.0 Å². The smallest absolute Gasteiger partial charge is 0.228 e. The largest absolute Gasteiger partial charge is 0.376 e. The molecule has 1 aromatic rings. The van der Waals surface area contributed by atoms with E-state index in [1.807, 2.05) is 0 Å². The molecule has 0 saturated carbocycles. The zero-order valence-corrected chi connectivity index (χ0v) is 14.8. The number of carbonyl (C=O) groups is 1. The number of nitrogens with zero attached hydrogens (tertiary/aromatic N) is 2. The molecule has 0 aromatic carbocycles. The van der Waals surface area contributed by atoms with Gasteiger partial charge in [0.1, 0.15) is 5.82 Å². The maximum absolute atomic E-state index is 12.9. The first-order chi connectivity index (χ1) is 11.8. The molecular weight excluding hydrogens is 349 g/mol. The van der Waals surface area contributed by atoms with Crippen LogP contribution in [-0.4, -0.2) is 62.8 Å². The van der Waals surface area contributed by atoms with Gasteiger partial charge in [0.25, 0.3) is 0 Å². The monoisotopic (exact) mass is 371 g/mol. The maximum atomic E-state index is 12.9. The molecule has 3 heterocycles. The molecule has 1 N–H and O–H groups in total. The Kier molecular flexibility index (Phi) is 5.35. The van der Waals surface area contributed by atoms with Crippen LogP contribution in [0.15, 0.2) is 18.3 Å². The molecule has 0 spiro atoms. The fraction of sp³-hybridized carbons (Fsp3) is 0.625. The Morgan fingerprint density at radius 3 is 2.96 bits per heavy atom. The summed E-state index contributed by atoms with van der Waals surface area (Å²) in [6.45, 7) is 2.02. The van der Waals surface area contributed by atoms with Crippen LogP contribution in [0.1, 0.15) is 12.1 Å². The molecule has 2 aliphatic rings. The molecule has 0 bridgehead atoms. The van der Waals surface area contributed by atoms with E-state index in [9.17, 15) is 17.6 Å². The fourth-order valence-electron chi connectivity index (χ4n) is 3.48. The molecule has 0 aliphatic carbocycles. The van der Waals surface area contributed by atoms with Crippen molar-refractivity contribution < 1.29 is 22.3 Å². The molecule has 2 aliphatic heterocycles. The summed E-state index contributed by atoms with van der Waals surface area (Å²) in [5.41, 5.74) is 0.534. The topological polar surface area (TPSA) is 88.6 Å². The van der Waals surface area contributed by atoms with Crippen molar-refractivity contribution in [2.45, 2.75) is 18.9 Å². The Balaban J connectivity index is 1.59. The second kappa shape index (κ2) is 7.35. The van der Waals surface area contributed by atoms with Crippen LogP contribution in [0.3, 0.4) is 0 Å². The number of aromatic nitrogens is 1. The van der Waals surface area contributed by atoms with E-state index in [1.54, 1.807) is 4.90 Å². The van der Waals surface area contributed by atoms with Crippen LogP contribution in [0.2, 0.25) is 0 Å². The van der Waals surface area contributed by atoms with E-state index >= 15 is 0 Å². The first kappa shape index (κ1) is 18.2. The summed E-state index contributed by atoms with van der Waals surface area (Å²) in [7, 11) is -3.27. The summed E-state index contributed by atoms with van der Waals surface area (Å²) in [5.74, 6) is -0.0203. The van der Waals surface area contributed by atoms with Gasteiger partial charge < -0.3 is 9.64 Å². The van der Waals surface area contributed by atoms with Gasteiger partial charge in [-0.15, -0.1) is 0 Å². The zero-order chi connectivity index (χ0) is 18.0. The molecule has 9 heteroatoms. The van der Waals surface area contributed by atoms with E-state index in [4.69, 9.17) is 4.74 Å². The number of fused-ring (bicyclic) bond motifs is 1. The minimum absolute atomic E-state index is 0.0562. The number of amides is 1. The van der Waals surface area contributed by atoms with Crippen LogP contribution in [0.5, 0.6) is 0 Å². The van der Waals surface area contributed by atoms with Gasteiger partial charge in [-0.3, -0.25) is 9.78 Å². The highest BCUT2D eigenvalue weighted by atomic mass is 32.2. The number of halogens is 1. The van der Waals surface area contributed by atoms with Crippen LogP contribution < -0.4 is 4.72 Å². The van der Waals surface area contributed by atoms with Crippen LogP contribution in [0.25, 0.3) is 0 Å². The Bertz CT molecular complexity index is 725. The van der Waals surface area contributed by atoms with Crippen molar-refractivity contribution >= 4 is 15.9 Å². The molecule has 25 heavy (non-hydrogen) atoms. The third kappa shape index (κ3) is 4.74. The van der Waals surface area contributed by atoms with Gasteiger partial charge in [0.15, 0.2) is 0 Å². The van der Waals surface area contributed by atoms with E-state index in [0.717, 1.165) is 18.9 Å². The summed E-state index contributed by atoms with van der Waals surface area (Å²) in [5, 5.41) is 0. The van der Waals surface area contributed by atoms with Gasteiger partial charge in [-0.25, -0.2) is 17.5 Å². The fourth-order valence-corrected chi connectivity index (χ4v) is 3.94. The van der Waals surface area contributed by atoms with E-state index in [2.05, 4.69) is 9.71 Å². The van der Waals surface area contributed by atoms with Crippen molar-refractivity contribution in [3.05, 3.63) is 29.8 Å². The lowest BCUT2D eigenvalue weighted by molar-refractivity contribution is -0.133. The second-order valence-corrected chi connectivity index (χ2v) is 8.52. The summed E-state index contributed by atoms with van der Waals surface area (Å²) in [6, 6.07) is 2.80. The highest BCUT2D eigenvalue weighted by Gasteiger charge is 2.42.